The Morgan fingerprint density at radius 3 is 2.43 bits per heavy atom. The zero-order valence-corrected chi connectivity index (χ0v) is 16.1. The van der Waals surface area contributed by atoms with Crippen molar-refractivity contribution in [2.75, 3.05) is 5.32 Å². The van der Waals surface area contributed by atoms with Gasteiger partial charge in [-0.3, -0.25) is 20.2 Å². The average molecular weight is 432 g/mol. The molecule has 0 saturated heterocycles. The lowest BCUT2D eigenvalue weighted by Crippen LogP contribution is -2.23. The first-order valence-electron chi connectivity index (χ1n) is 8.94. The normalized spacial score (nSPS) is 15.9. The highest BCUT2D eigenvalue weighted by Crippen LogP contribution is 2.41. The maximum atomic E-state index is 11.3. The molecule has 194 valence electrons. The van der Waals surface area contributed by atoms with Crippen LogP contribution in [0.1, 0.15) is 69.8 Å². The second kappa shape index (κ2) is 7.34. The number of benzene rings is 2. The van der Waals surface area contributed by atoms with Crippen LogP contribution in [-0.2, 0) is 6.42 Å². The molecule has 0 amide bonds. The van der Waals surface area contributed by atoms with Gasteiger partial charge in [0.1, 0.15) is 0 Å². The van der Waals surface area contributed by atoms with Gasteiger partial charge in [0, 0.05) is 58.1 Å². The number of rotatable bonds is 4. The molecular weight excluding hydrogens is 362 g/mol. The van der Waals surface area contributed by atoms with Crippen molar-refractivity contribution in [3.63, 3.8) is 0 Å². The molecule has 3 rings (SSSR count). The van der Waals surface area contributed by atoms with E-state index in [-0.39, 0.29) is 51.3 Å². The van der Waals surface area contributed by atoms with E-state index in [1.807, 2.05) is 20.8 Å². The Kier molecular flexibility index (Phi) is 5.08. The quantitative estimate of drug-likeness (QED) is 0.292. The molecule has 0 fully saturated rings. The molecule has 28 heavy (non-hydrogen) atoms. The lowest BCUT2D eigenvalue weighted by molar-refractivity contribution is -0.388. The molecule has 1 unspecified atom stereocenters. The van der Waals surface area contributed by atoms with Crippen LogP contribution in [0.2, 0.25) is 0 Å². The smallest absolute Gasteiger partial charge is 0.297 e. The van der Waals surface area contributed by atoms with E-state index in [2.05, 4.69) is 22.5 Å². The molecule has 0 radical (unpaired) electrons. The summed E-state index contributed by atoms with van der Waals surface area (Å²) in [6.45, 7) is 8.04. The summed E-state index contributed by atoms with van der Waals surface area (Å²) in [5.41, 5.74) is 5.16. The third kappa shape index (κ3) is 3.42. The van der Waals surface area contributed by atoms with Crippen LogP contribution in [0.5, 0.6) is 0 Å². The van der Waals surface area contributed by atoms with Crippen molar-refractivity contribution in [1.29, 1.82) is 0 Å². The monoisotopic (exact) mass is 432 g/mol. The molecule has 1 atom stereocenters. The van der Waals surface area contributed by atoms with Crippen molar-refractivity contribution in [2.45, 2.75) is 46.6 Å². The molecular formula is C19H69N5O4. The minimum atomic E-state index is -0.624. The molecule has 0 spiro atoms. The molecule has 0 aromatic heterocycles. The molecule has 2 aromatic rings. The third-order valence-corrected chi connectivity index (χ3v) is 5.24. The van der Waals surface area contributed by atoms with E-state index in [0.29, 0.717) is 11.7 Å². The summed E-state index contributed by atoms with van der Waals surface area (Å²) in [4.78, 5) is 21.0. The van der Waals surface area contributed by atoms with E-state index < -0.39 is 9.85 Å². The largest absolute Gasteiger partial charge is 0.382 e. The maximum Gasteiger partial charge on any atom is 0.297 e. The van der Waals surface area contributed by atoms with E-state index in [4.69, 9.17) is 0 Å². The molecule has 0 bridgehead atoms. The van der Waals surface area contributed by atoms with E-state index in [9.17, 15) is 20.2 Å². The molecule has 2 aromatic carbocycles. The minimum Gasteiger partial charge on any atom is -0.382 e. The number of nitrogens with one attached hydrogen (secondary N) is 1. The van der Waals surface area contributed by atoms with Gasteiger partial charge < -0.3 is 5.32 Å². The topological polar surface area (TPSA) is 123 Å². The van der Waals surface area contributed by atoms with Gasteiger partial charge in [-0.15, -0.1) is 10.2 Å². The molecule has 9 nitrogen and oxygen atoms in total. The number of fused-ring (bicyclic) bond motifs is 1. The van der Waals surface area contributed by atoms with Gasteiger partial charge in [-0.05, 0) is 62.8 Å². The van der Waals surface area contributed by atoms with Crippen LogP contribution in [0.4, 0.5) is 28.4 Å². The Bertz CT molecular complexity index is 1070. The predicted octanol–water partition coefficient (Wildman–Crippen LogP) is 11.5. The van der Waals surface area contributed by atoms with Crippen LogP contribution in [0, 0.1) is 41.0 Å². The van der Waals surface area contributed by atoms with Gasteiger partial charge in [0.2, 0.25) is 0 Å². The third-order valence-electron chi connectivity index (χ3n) is 5.24. The van der Waals surface area contributed by atoms with Gasteiger partial charge in [-0.2, -0.15) is 0 Å². The van der Waals surface area contributed by atoms with Crippen molar-refractivity contribution < 1.29 is 44.1 Å². The molecule has 1 aliphatic rings. The minimum absolute atomic E-state index is 0. The summed E-state index contributed by atoms with van der Waals surface area (Å²) in [7, 11) is 0. The number of azo groups is 1. The lowest BCUT2D eigenvalue weighted by Gasteiger charge is -2.29. The fourth-order valence-electron chi connectivity index (χ4n) is 3.50. The highest BCUT2D eigenvalue weighted by Gasteiger charge is 2.23. The van der Waals surface area contributed by atoms with E-state index >= 15 is 0 Å². The molecule has 1 aliphatic heterocycles. The van der Waals surface area contributed by atoms with Crippen LogP contribution in [0.15, 0.2) is 28.4 Å². The fraction of sp³-hybridized carbons (Fsp3) is 0.368. The first-order valence-corrected chi connectivity index (χ1v) is 8.94. The molecule has 9 heteroatoms. The Labute approximate surface area is 197 Å². The van der Waals surface area contributed by atoms with Gasteiger partial charge in [0.15, 0.2) is 5.69 Å². The van der Waals surface area contributed by atoms with Crippen molar-refractivity contribution in [3.05, 3.63) is 60.7 Å². The lowest BCUT2D eigenvalue weighted by atomic mass is 9.89. The maximum absolute atomic E-state index is 11.3. The summed E-state index contributed by atoms with van der Waals surface area (Å²) >= 11 is 0. The van der Waals surface area contributed by atoms with Gasteiger partial charge in [-0.25, -0.2) is 0 Å². The number of anilines is 1. The first-order chi connectivity index (χ1) is 13.2. The summed E-state index contributed by atoms with van der Waals surface area (Å²) in [6.07, 6.45) is 1.92. The standard InChI is InChI=1S/C19H21N5O4.24H2/c1-10-5-7-15-13(4)18(11(2)12(3)19(15)20-10)22-21-16-9-14(23(25)26)6-8-17(16)24(27)28;;;;;;;;;;;;;;;;;;;;;;;;/h6,8-10,20H,5,7H2,1-4H3;24*1H. The number of nitro benzene ring substituents is 2. The second-order valence-electron chi connectivity index (χ2n) is 7.05. The fourth-order valence-corrected chi connectivity index (χ4v) is 3.50. The Hall–Kier alpha value is -3.36. The highest BCUT2D eigenvalue weighted by molar-refractivity contribution is 5.73. The van der Waals surface area contributed by atoms with Crippen LogP contribution < -0.4 is 5.32 Å². The Balaban J connectivity index is -0.0000000187. The van der Waals surface area contributed by atoms with Crippen molar-refractivity contribution in [2.24, 2.45) is 10.2 Å². The summed E-state index contributed by atoms with van der Waals surface area (Å²) in [5.74, 6) is 0. The van der Waals surface area contributed by atoms with Crippen molar-refractivity contribution >= 4 is 28.4 Å². The van der Waals surface area contributed by atoms with Crippen molar-refractivity contribution in [3.8, 4) is 0 Å². The van der Waals surface area contributed by atoms with Crippen LogP contribution in [0.25, 0.3) is 0 Å². The van der Waals surface area contributed by atoms with Gasteiger partial charge >= 0.3 is 0 Å². The van der Waals surface area contributed by atoms with Gasteiger partial charge in [-0.1, -0.05) is 0 Å². The molecule has 1 N–H and O–H groups in total. The second-order valence-corrected chi connectivity index (χ2v) is 7.05. The van der Waals surface area contributed by atoms with Crippen LogP contribution in [0.3, 0.4) is 0 Å². The van der Waals surface area contributed by atoms with Crippen LogP contribution in [-0.4, -0.2) is 15.9 Å². The number of hydrogen-bond acceptors (Lipinski definition) is 7. The average Bonchev–Trinajstić information content (AvgIpc) is 2.65. The van der Waals surface area contributed by atoms with Gasteiger partial charge in [0.25, 0.3) is 11.4 Å². The van der Waals surface area contributed by atoms with E-state index in [0.717, 1.165) is 53.4 Å². The molecule has 1 heterocycles. The molecule has 0 aliphatic carbocycles. The van der Waals surface area contributed by atoms with E-state index in [1.165, 1.54) is 5.56 Å². The Morgan fingerprint density at radius 1 is 1.07 bits per heavy atom. The number of non-ortho nitro benzene ring substituents is 1. The summed E-state index contributed by atoms with van der Waals surface area (Å²) in [5, 5.41) is 34.1. The number of nitrogens with zero attached hydrogens (tertiary/aromatic N) is 4. The summed E-state index contributed by atoms with van der Waals surface area (Å²) < 4.78 is 0. The Morgan fingerprint density at radius 2 is 1.79 bits per heavy atom. The number of nitro groups is 2. The van der Waals surface area contributed by atoms with E-state index in [1.54, 1.807) is 0 Å². The SMILES string of the molecule is Cc1c(C)c2c(c(C)c1N=Nc1cc([N+](=O)[O-])ccc1[N+](=O)[O-])CCC(C)N2.[HH].[HH].[HH].[HH].[HH].[HH].[HH].[HH].[HH].[HH].[HH].[HH].[HH].[HH].[HH].[HH].[HH].[HH].[HH].[HH].[HH].[HH].[HH].[HH]. The zero-order valence-electron chi connectivity index (χ0n) is 16.1. The predicted molar refractivity (Wildman–Crippen MR) is 157 cm³/mol. The first kappa shape index (κ1) is 19.4. The van der Waals surface area contributed by atoms with Crippen molar-refractivity contribution in [1.82, 2.24) is 0 Å². The molecule has 0 saturated carbocycles. The zero-order chi connectivity index (χ0) is 20.6. The highest BCUT2D eigenvalue weighted by atomic mass is 16.6. The summed E-state index contributed by atoms with van der Waals surface area (Å²) in [6, 6.07) is 3.63. The van der Waals surface area contributed by atoms with Crippen LogP contribution >= 0.6 is 0 Å². The number of hydrogen-bond donors (Lipinski definition) is 1. The van der Waals surface area contributed by atoms with Gasteiger partial charge in [0.05, 0.1) is 21.6 Å².